The molecule has 3 heteroatoms. The average Bonchev–Trinajstić information content (AvgIpc) is 2.59. The summed E-state index contributed by atoms with van der Waals surface area (Å²) < 4.78 is 5.61. The lowest BCUT2D eigenvalue weighted by Crippen LogP contribution is -2.17. The van der Waals surface area contributed by atoms with Gasteiger partial charge >= 0.3 is 0 Å². The van der Waals surface area contributed by atoms with Gasteiger partial charge in [0.25, 0.3) is 0 Å². The maximum Gasteiger partial charge on any atom is 0.218 e. The Morgan fingerprint density at radius 3 is 2.67 bits per heavy atom. The third-order valence-corrected chi connectivity index (χ3v) is 2.39. The van der Waals surface area contributed by atoms with E-state index >= 15 is 0 Å². The molecule has 0 atom stereocenters. The van der Waals surface area contributed by atoms with Crippen molar-refractivity contribution in [2.45, 2.75) is 19.4 Å². The van der Waals surface area contributed by atoms with Crippen LogP contribution in [0.2, 0.25) is 0 Å². The number of benzene rings is 1. The van der Waals surface area contributed by atoms with Gasteiger partial charge in [0.15, 0.2) is 0 Å². The second-order valence-corrected chi connectivity index (χ2v) is 4.31. The van der Waals surface area contributed by atoms with Crippen molar-refractivity contribution in [1.29, 1.82) is 0 Å². The van der Waals surface area contributed by atoms with Crippen LogP contribution in [0.5, 0.6) is 0 Å². The molecular formula is C12H16N2O. The van der Waals surface area contributed by atoms with E-state index in [0.29, 0.717) is 6.61 Å². The number of aliphatic imine (C=N–C) groups is 1. The highest BCUT2D eigenvalue weighted by atomic mass is 16.5. The van der Waals surface area contributed by atoms with Crippen molar-refractivity contribution < 1.29 is 4.74 Å². The molecular weight excluding hydrogens is 188 g/mol. The Bertz CT molecular complexity index is 396. The number of para-hydroxylation sites is 1. The van der Waals surface area contributed by atoms with Crippen molar-refractivity contribution in [3.8, 4) is 0 Å². The monoisotopic (exact) mass is 204 g/mol. The number of nitrogens with zero attached hydrogens (tertiary/aromatic N) is 1. The van der Waals surface area contributed by atoms with Crippen LogP contribution in [-0.4, -0.2) is 25.1 Å². The zero-order chi connectivity index (χ0) is 10.9. The van der Waals surface area contributed by atoms with E-state index in [-0.39, 0.29) is 5.54 Å². The van der Waals surface area contributed by atoms with E-state index in [1.165, 1.54) is 0 Å². The Balaban J connectivity index is 2.39. The molecule has 0 amide bonds. The van der Waals surface area contributed by atoms with Gasteiger partial charge in [-0.25, -0.2) is 4.99 Å². The Hall–Kier alpha value is -1.51. The van der Waals surface area contributed by atoms with Gasteiger partial charge in [0, 0.05) is 12.7 Å². The summed E-state index contributed by atoms with van der Waals surface area (Å²) in [4.78, 5) is 4.55. The molecule has 0 saturated carbocycles. The lowest BCUT2D eigenvalue weighted by molar-refractivity contribution is 0.279. The minimum atomic E-state index is -0.101. The summed E-state index contributed by atoms with van der Waals surface area (Å²) >= 11 is 0. The SMILES string of the molecule is CNc1ccccc1C1=NC(C)(C)CO1. The van der Waals surface area contributed by atoms with Crippen molar-refractivity contribution >= 4 is 11.6 Å². The molecule has 0 aromatic heterocycles. The van der Waals surface area contributed by atoms with Crippen LogP contribution in [0.25, 0.3) is 0 Å². The fraction of sp³-hybridized carbons (Fsp3) is 0.417. The molecule has 2 rings (SSSR count). The van der Waals surface area contributed by atoms with Crippen molar-refractivity contribution in [1.82, 2.24) is 0 Å². The molecule has 1 N–H and O–H groups in total. The van der Waals surface area contributed by atoms with Crippen molar-refractivity contribution in [3.63, 3.8) is 0 Å². The number of hydrogen-bond acceptors (Lipinski definition) is 3. The third kappa shape index (κ3) is 1.96. The Labute approximate surface area is 90.2 Å². The van der Waals surface area contributed by atoms with Crippen LogP contribution in [0.4, 0.5) is 5.69 Å². The molecule has 1 aliphatic heterocycles. The first-order valence-corrected chi connectivity index (χ1v) is 5.12. The lowest BCUT2D eigenvalue weighted by Gasteiger charge is -2.08. The average molecular weight is 204 g/mol. The molecule has 1 aromatic rings. The fourth-order valence-corrected chi connectivity index (χ4v) is 1.61. The van der Waals surface area contributed by atoms with Gasteiger partial charge in [-0.3, -0.25) is 0 Å². The van der Waals surface area contributed by atoms with E-state index in [4.69, 9.17) is 4.74 Å². The molecule has 0 saturated heterocycles. The van der Waals surface area contributed by atoms with Crippen molar-refractivity contribution in [2.24, 2.45) is 4.99 Å². The predicted octanol–water partition coefficient (Wildman–Crippen LogP) is 2.28. The highest BCUT2D eigenvalue weighted by Gasteiger charge is 2.27. The Morgan fingerprint density at radius 1 is 1.33 bits per heavy atom. The highest BCUT2D eigenvalue weighted by Crippen LogP contribution is 2.24. The normalized spacial score (nSPS) is 18.2. The molecule has 1 aliphatic rings. The molecule has 0 spiro atoms. The second kappa shape index (κ2) is 3.57. The quantitative estimate of drug-likeness (QED) is 0.801. The molecule has 0 bridgehead atoms. The van der Waals surface area contributed by atoms with Crippen LogP contribution in [0.15, 0.2) is 29.3 Å². The van der Waals surface area contributed by atoms with Gasteiger partial charge in [-0.2, -0.15) is 0 Å². The summed E-state index contributed by atoms with van der Waals surface area (Å²) in [6.07, 6.45) is 0. The van der Waals surface area contributed by atoms with E-state index in [2.05, 4.69) is 24.2 Å². The molecule has 0 unspecified atom stereocenters. The minimum absolute atomic E-state index is 0.101. The zero-order valence-electron chi connectivity index (χ0n) is 9.37. The predicted molar refractivity (Wildman–Crippen MR) is 62.6 cm³/mol. The van der Waals surface area contributed by atoms with Gasteiger partial charge in [-0.1, -0.05) is 12.1 Å². The third-order valence-electron chi connectivity index (χ3n) is 2.39. The molecule has 0 aliphatic carbocycles. The van der Waals surface area contributed by atoms with E-state index in [0.717, 1.165) is 17.1 Å². The van der Waals surface area contributed by atoms with Gasteiger partial charge in [0.05, 0.1) is 11.1 Å². The first-order valence-electron chi connectivity index (χ1n) is 5.12. The molecule has 1 aromatic carbocycles. The summed E-state index contributed by atoms with van der Waals surface area (Å²) in [6.45, 7) is 4.80. The first-order chi connectivity index (χ1) is 7.12. The molecule has 80 valence electrons. The topological polar surface area (TPSA) is 33.6 Å². The van der Waals surface area contributed by atoms with Crippen molar-refractivity contribution in [2.75, 3.05) is 19.0 Å². The van der Waals surface area contributed by atoms with E-state index in [1.54, 1.807) is 0 Å². The van der Waals surface area contributed by atoms with Gasteiger partial charge in [-0.05, 0) is 26.0 Å². The summed E-state index contributed by atoms with van der Waals surface area (Å²) in [5.74, 6) is 0.741. The number of hydrogen-bond donors (Lipinski definition) is 1. The number of anilines is 1. The molecule has 0 radical (unpaired) electrons. The number of ether oxygens (including phenoxy) is 1. The van der Waals surface area contributed by atoms with E-state index in [1.807, 2.05) is 31.3 Å². The van der Waals surface area contributed by atoms with Crippen LogP contribution in [0.1, 0.15) is 19.4 Å². The Kier molecular flexibility index (Phi) is 2.39. The number of rotatable bonds is 2. The largest absolute Gasteiger partial charge is 0.475 e. The van der Waals surface area contributed by atoms with Gasteiger partial charge < -0.3 is 10.1 Å². The minimum Gasteiger partial charge on any atom is -0.475 e. The summed E-state index contributed by atoms with van der Waals surface area (Å²) in [6, 6.07) is 8.03. The van der Waals surface area contributed by atoms with E-state index in [9.17, 15) is 0 Å². The highest BCUT2D eigenvalue weighted by molar-refractivity contribution is 6.00. The maximum atomic E-state index is 5.61. The van der Waals surface area contributed by atoms with E-state index < -0.39 is 0 Å². The van der Waals surface area contributed by atoms with Crippen LogP contribution >= 0.6 is 0 Å². The smallest absolute Gasteiger partial charge is 0.218 e. The van der Waals surface area contributed by atoms with Crippen LogP contribution in [0.3, 0.4) is 0 Å². The first kappa shape index (κ1) is 10.0. The van der Waals surface area contributed by atoms with Gasteiger partial charge in [-0.15, -0.1) is 0 Å². The van der Waals surface area contributed by atoms with Gasteiger partial charge in [0.2, 0.25) is 5.90 Å². The number of nitrogens with one attached hydrogen (secondary N) is 1. The molecule has 1 heterocycles. The lowest BCUT2D eigenvalue weighted by atomic mass is 10.1. The van der Waals surface area contributed by atoms with Crippen molar-refractivity contribution in [3.05, 3.63) is 29.8 Å². The Morgan fingerprint density at radius 2 is 2.07 bits per heavy atom. The molecule has 15 heavy (non-hydrogen) atoms. The maximum absolute atomic E-state index is 5.61. The second-order valence-electron chi connectivity index (χ2n) is 4.31. The molecule has 0 fully saturated rings. The summed E-state index contributed by atoms with van der Waals surface area (Å²) in [5, 5.41) is 3.14. The molecule has 3 nitrogen and oxygen atoms in total. The summed E-state index contributed by atoms with van der Waals surface area (Å²) in [7, 11) is 1.90. The van der Waals surface area contributed by atoms with Gasteiger partial charge in [0.1, 0.15) is 6.61 Å². The fourth-order valence-electron chi connectivity index (χ4n) is 1.61. The standard InChI is InChI=1S/C12H16N2O/c1-12(2)8-15-11(14-12)9-6-4-5-7-10(9)13-3/h4-7,13H,8H2,1-3H3. The zero-order valence-corrected chi connectivity index (χ0v) is 9.37. The van der Waals surface area contributed by atoms with Crippen LogP contribution in [0, 0.1) is 0 Å². The summed E-state index contributed by atoms with van der Waals surface area (Å²) in [5.41, 5.74) is 1.98. The van der Waals surface area contributed by atoms with Crippen LogP contribution in [-0.2, 0) is 4.74 Å². The van der Waals surface area contributed by atoms with Crippen LogP contribution < -0.4 is 5.32 Å².